The van der Waals surface area contributed by atoms with Gasteiger partial charge < -0.3 is 9.88 Å². The largest absolute Gasteiger partial charge is 0.335 e. The van der Waals surface area contributed by atoms with Crippen LogP contribution in [0.25, 0.3) is 11.1 Å². The number of anilines is 2. The van der Waals surface area contributed by atoms with Crippen LogP contribution < -0.4 is 15.5 Å². The number of barbiturate groups is 1. The second-order valence-corrected chi connectivity index (χ2v) is 12.6. The summed E-state index contributed by atoms with van der Waals surface area (Å²) in [5.74, 6) is -1.57. The molecule has 4 aromatic rings. The van der Waals surface area contributed by atoms with Crippen LogP contribution in [0.3, 0.4) is 0 Å². The normalized spacial score (nSPS) is 15.9. The highest BCUT2D eigenvalue weighted by atomic mass is 32.1. The van der Waals surface area contributed by atoms with E-state index in [0.29, 0.717) is 16.8 Å². The second-order valence-electron chi connectivity index (χ2n) is 11.5. The zero-order valence-corrected chi connectivity index (χ0v) is 26.3. The van der Waals surface area contributed by atoms with Gasteiger partial charge in [-0.1, -0.05) is 29.8 Å². The number of urea groups is 1. The van der Waals surface area contributed by atoms with E-state index in [0.717, 1.165) is 74.9 Å². The first-order valence-electron chi connectivity index (χ1n) is 14.7. The van der Waals surface area contributed by atoms with Crippen molar-refractivity contribution in [3.05, 3.63) is 104 Å². The van der Waals surface area contributed by atoms with Gasteiger partial charge in [-0.05, 0) is 113 Å². The van der Waals surface area contributed by atoms with Gasteiger partial charge in [0.05, 0.1) is 11.3 Å². The Bertz CT molecular complexity index is 1890. The number of nitrogens with zero attached hydrogens (tertiary/aromatic N) is 2. The van der Waals surface area contributed by atoms with Crippen molar-refractivity contribution in [3.8, 4) is 5.00 Å². The number of nitrogens with one attached hydrogen (secondary N) is 2. The average molecular weight is 607 g/mol. The molecule has 0 spiro atoms. The molecule has 2 aromatic heterocycles. The third kappa shape index (κ3) is 5.07. The minimum Gasteiger partial charge on any atom is -0.322 e. The van der Waals surface area contributed by atoms with E-state index in [1.54, 1.807) is 29.5 Å². The Hall–Kier alpha value is -4.76. The van der Waals surface area contributed by atoms with Crippen molar-refractivity contribution < 1.29 is 19.2 Å². The Balaban J connectivity index is 1.42. The topological polar surface area (TPSA) is 101 Å². The monoisotopic (exact) mass is 606 g/mol. The summed E-state index contributed by atoms with van der Waals surface area (Å²) in [7, 11) is 0. The average Bonchev–Trinajstić information content (AvgIpc) is 3.50. The van der Waals surface area contributed by atoms with E-state index in [2.05, 4.69) is 10.6 Å². The molecule has 0 saturated carbocycles. The second kappa shape index (κ2) is 11.4. The summed E-state index contributed by atoms with van der Waals surface area (Å²) in [5.41, 5.74) is 7.93. The molecule has 5 amide bonds. The molecule has 8 nitrogen and oxygen atoms in total. The lowest BCUT2D eigenvalue weighted by atomic mass is 9.95. The van der Waals surface area contributed by atoms with Crippen LogP contribution in [0.5, 0.6) is 0 Å². The summed E-state index contributed by atoms with van der Waals surface area (Å²) < 4.78 is 2.04. The first kappa shape index (κ1) is 29.3. The predicted octanol–water partition coefficient (Wildman–Crippen LogP) is 6.88. The maximum absolute atomic E-state index is 13.8. The molecule has 0 bridgehead atoms. The number of rotatable bonds is 5. The van der Waals surface area contributed by atoms with Crippen LogP contribution >= 0.6 is 11.3 Å². The van der Waals surface area contributed by atoms with Crippen molar-refractivity contribution in [2.45, 2.75) is 60.3 Å². The summed E-state index contributed by atoms with van der Waals surface area (Å²) >= 11 is 1.63. The summed E-state index contributed by atoms with van der Waals surface area (Å²) in [6, 6.07) is 14.3. The van der Waals surface area contributed by atoms with Gasteiger partial charge in [0.25, 0.3) is 17.7 Å². The number of benzene rings is 2. The number of thiophene rings is 1. The number of imide groups is 2. The van der Waals surface area contributed by atoms with E-state index in [1.165, 1.54) is 4.88 Å². The lowest BCUT2D eigenvalue weighted by Gasteiger charge is -2.28. The van der Waals surface area contributed by atoms with E-state index < -0.39 is 17.8 Å². The maximum atomic E-state index is 13.8. The molecule has 1 saturated heterocycles. The standard InChI is InChI=1S/C35H34N4O4S/c1-19-13-15-25(16-14-19)36-32(41)30-26-10-6-7-12-29(26)44-34(30)38-21(3)17-24(23(38)5)18-27-31(40)37-35(43)39(33(27)42)28-11-8-9-20(2)22(28)4/h8-9,11,13-18H,6-7,10,12H2,1-5H3,(H,36,41)(H,37,40,43)/b27-18+. The highest BCUT2D eigenvalue weighted by molar-refractivity contribution is 7.15. The molecule has 2 N–H and O–H groups in total. The smallest absolute Gasteiger partial charge is 0.322 e. The molecular weight excluding hydrogens is 572 g/mol. The number of carbonyl (C=O) groups is 4. The van der Waals surface area contributed by atoms with Gasteiger partial charge in [0.1, 0.15) is 10.6 Å². The molecule has 0 unspecified atom stereocenters. The van der Waals surface area contributed by atoms with Gasteiger partial charge in [0, 0.05) is 22.0 Å². The van der Waals surface area contributed by atoms with Crippen LogP contribution in [0.4, 0.5) is 16.2 Å². The number of hydrogen-bond donors (Lipinski definition) is 2. The number of hydrogen-bond acceptors (Lipinski definition) is 5. The zero-order valence-electron chi connectivity index (χ0n) is 25.5. The van der Waals surface area contributed by atoms with Crippen molar-refractivity contribution in [2.24, 2.45) is 0 Å². The van der Waals surface area contributed by atoms with E-state index in [1.807, 2.05) is 75.6 Å². The van der Waals surface area contributed by atoms with Gasteiger partial charge in [-0.3, -0.25) is 19.7 Å². The molecule has 1 fully saturated rings. The third-order valence-corrected chi connectivity index (χ3v) is 9.86. The van der Waals surface area contributed by atoms with Gasteiger partial charge in [0.2, 0.25) is 0 Å². The fourth-order valence-electron chi connectivity index (χ4n) is 6.03. The van der Waals surface area contributed by atoms with Crippen molar-refractivity contribution in [1.29, 1.82) is 0 Å². The lowest BCUT2D eigenvalue weighted by molar-refractivity contribution is -0.122. The van der Waals surface area contributed by atoms with Crippen LogP contribution in [0.15, 0.2) is 54.1 Å². The summed E-state index contributed by atoms with van der Waals surface area (Å²) in [6.45, 7) is 9.61. The summed E-state index contributed by atoms with van der Waals surface area (Å²) in [6.07, 6.45) is 5.43. The molecule has 3 heterocycles. The molecule has 2 aromatic carbocycles. The van der Waals surface area contributed by atoms with Crippen molar-refractivity contribution in [1.82, 2.24) is 9.88 Å². The first-order valence-corrected chi connectivity index (χ1v) is 15.6. The zero-order chi connectivity index (χ0) is 31.3. The molecule has 1 aliphatic carbocycles. The summed E-state index contributed by atoms with van der Waals surface area (Å²) in [5, 5.41) is 6.25. The quantitative estimate of drug-likeness (QED) is 0.191. The van der Waals surface area contributed by atoms with Crippen molar-refractivity contribution in [3.63, 3.8) is 0 Å². The maximum Gasteiger partial charge on any atom is 0.335 e. The molecule has 44 heavy (non-hydrogen) atoms. The van der Waals surface area contributed by atoms with Gasteiger partial charge in [0.15, 0.2) is 0 Å². The van der Waals surface area contributed by atoms with E-state index in [9.17, 15) is 19.2 Å². The van der Waals surface area contributed by atoms with Gasteiger partial charge in [-0.25, -0.2) is 9.69 Å². The molecule has 1 aliphatic heterocycles. The Labute approximate surface area is 260 Å². The molecule has 224 valence electrons. The molecule has 0 radical (unpaired) electrons. The lowest BCUT2D eigenvalue weighted by Crippen LogP contribution is -2.54. The van der Waals surface area contributed by atoms with Crippen LogP contribution in [-0.2, 0) is 22.4 Å². The Kier molecular flexibility index (Phi) is 7.59. The Morgan fingerprint density at radius 2 is 1.68 bits per heavy atom. The highest BCUT2D eigenvalue weighted by Gasteiger charge is 2.38. The summed E-state index contributed by atoms with van der Waals surface area (Å²) in [4.78, 5) is 55.6. The SMILES string of the molecule is Cc1ccc(NC(=O)c2c(-n3c(C)cc(/C=C4\C(=O)NC(=O)N(c5cccc(C)c5C)C4=O)c3C)sc3c2CCCC3)cc1. The van der Waals surface area contributed by atoms with Gasteiger partial charge >= 0.3 is 6.03 Å². The van der Waals surface area contributed by atoms with Crippen LogP contribution in [0.1, 0.15) is 67.3 Å². The number of amides is 5. The minimum atomic E-state index is -0.773. The van der Waals surface area contributed by atoms with Crippen molar-refractivity contribution in [2.75, 3.05) is 10.2 Å². The fourth-order valence-corrected chi connectivity index (χ4v) is 7.53. The molecule has 2 aliphatic rings. The minimum absolute atomic E-state index is 0.131. The predicted molar refractivity (Wildman–Crippen MR) is 174 cm³/mol. The Morgan fingerprint density at radius 3 is 2.43 bits per heavy atom. The molecular formula is C35H34N4O4S. The number of fused-ring (bicyclic) bond motifs is 1. The van der Waals surface area contributed by atoms with Crippen LogP contribution in [0.2, 0.25) is 0 Å². The van der Waals surface area contributed by atoms with E-state index >= 15 is 0 Å². The number of carbonyl (C=O) groups excluding carboxylic acids is 4. The molecule has 9 heteroatoms. The van der Waals surface area contributed by atoms with E-state index in [4.69, 9.17) is 0 Å². The third-order valence-electron chi connectivity index (χ3n) is 8.58. The first-order chi connectivity index (χ1) is 21.0. The van der Waals surface area contributed by atoms with Crippen LogP contribution in [-0.4, -0.2) is 28.3 Å². The van der Waals surface area contributed by atoms with Gasteiger partial charge in [-0.15, -0.1) is 11.3 Å². The van der Waals surface area contributed by atoms with Gasteiger partial charge in [-0.2, -0.15) is 0 Å². The number of aryl methyl sites for hydroxylation is 4. The fraction of sp³-hybridized carbons (Fsp3) is 0.257. The Morgan fingerprint density at radius 1 is 0.955 bits per heavy atom. The number of aromatic nitrogens is 1. The highest BCUT2D eigenvalue weighted by Crippen LogP contribution is 2.39. The van der Waals surface area contributed by atoms with Crippen LogP contribution in [0, 0.1) is 34.6 Å². The van der Waals surface area contributed by atoms with Crippen molar-refractivity contribution >= 4 is 52.5 Å². The molecule has 0 atom stereocenters. The van der Waals surface area contributed by atoms with E-state index in [-0.39, 0.29) is 11.5 Å². The molecule has 6 rings (SSSR count).